The first-order valence-corrected chi connectivity index (χ1v) is 4.89. The molecule has 1 radical (unpaired) electrons. The molecule has 4 nitrogen and oxygen atoms in total. The van der Waals surface area contributed by atoms with Crippen molar-refractivity contribution in [2.45, 2.75) is 12.6 Å². The van der Waals surface area contributed by atoms with Gasteiger partial charge in [-0.1, -0.05) is 18.2 Å². The lowest BCUT2D eigenvalue weighted by atomic mass is 10.1. The van der Waals surface area contributed by atoms with Gasteiger partial charge in [-0.05, 0) is 18.1 Å². The molecule has 0 aliphatic rings. The smallest absolute Gasteiger partial charge is 0.351 e. The third kappa shape index (κ3) is 4.44. The summed E-state index contributed by atoms with van der Waals surface area (Å²) in [6, 6.07) is 3.56. The van der Waals surface area contributed by atoms with Crippen LogP contribution < -0.4 is 11.1 Å². The van der Waals surface area contributed by atoms with Crippen LogP contribution in [-0.4, -0.2) is 11.9 Å². The maximum Gasteiger partial charge on any atom is 0.416 e. The Morgan fingerprint density at radius 3 is 2.56 bits per heavy atom. The number of alkyl halides is 3. The zero-order valence-electron chi connectivity index (χ0n) is 9.12. The van der Waals surface area contributed by atoms with Crippen LogP contribution in [0.4, 0.5) is 18.0 Å². The van der Waals surface area contributed by atoms with E-state index in [1.807, 2.05) is 0 Å². The van der Waals surface area contributed by atoms with E-state index in [9.17, 15) is 22.8 Å². The van der Waals surface area contributed by atoms with Crippen molar-refractivity contribution in [3.63, 3.8) is 0 Å². The standard InChI is InChI=1S/C11H10F3N2O2/c12-11(13,14)8-3-1-2-7(6-8)4-5-9(17)16-10(15)18/h1-3,5-6H,4H2,(H3,15,16,17,18). The zero-order chi connectivity index (χ0) is 13.8. The molecule has 0 fully saturated rings. The molecule has 3 N–H and O–H groups in total. The maximum atomic E-state index is 12.4. The van der Waals surface area contributed by atoms with E-state index in [4.69, 9.17) is 5.73 Å². The van der Waals surface area contributed by atoms with Gasteiger partial charge in [0.2, 0.25) is 5.91 Å². The fraction of sp³-hybridized carbons (Fsp3) is 0.182. The molecule has 97 valence electrons. The third-order valence-electron chi connectivity index (χ3n) is 2.02. The van der Waals surface area contributed by atoms with Crippen LogP contribution in [0, 0.1) is 6.42 Å². The van der Waals surface area contributed by atoms with E-state index in [0.717, 1.165) is 18.6 Å². The summed E-state index contributed by atoms with van der Waals surface area (Å²) in [6.07, 6.45) is -3.41. The van der Waals surface area contributed by atoms with Gasteiger partial charge >= 0.3 is 12.2 Å². The van der Waals surface area contributed by atoms with Crippen LogP contribution in [0.2, 0.25) is 0 Å². The summed E-state index contributed by atoms with van der Waals surface area (Å²) in [5, 5.41) is 1.78. The molecule has 0 aliphatic carbocycles. The number of imide groups is 1. The lowest BCUT2D eigenvalue weighted by molar-refractivity contribution is -0.137. The lowest BCUT2D eigenvalue weighted by Crippen LogP contribution is -2.35. The SMILES string of the molecule is NC(=O)NC(=O)[CH]Cc1cccc(C(F)(F)F)c1. The summed E-state index contributed by atoms with van der Waals surface area (Å²) >= 11 is 0. The zero-order valence-corrected chi connectivity index (χ0v) is 9.12. The third-order valence-corrected chi connectivity index (χ3v) is 2.02. The highest BCUT2D eigenvalue weighted by Gasteiger charge is 2.30. The molecule has 0 spiro atoms. The van der Waals surface area contributed by atoms with Gasteiger partial charge in [-0.3, -0.25) is 10.1 Å². The Hall–Kier alpha value is -2.05. The average molecular weight is 259 g/mol. The molecule has 0 aliphatic heterocycles. The molecular weight excluding hydrogens is 249 g/mol. The Labute approximate surface area is 101 Å². The van der Waals surface area contributed by atoms with E-state index in [0.29, 0.717) is 5.56 Å². The summed E-state index contributed by atoms with van der Waals surface area (Å²) in [6.45, 7) is 0. The van der Waals surface area contributed by atoms with E-state index in [1.165, 1.54) is 12.1 Å². The van der Waals surface area contributed by atoms with E-state index >= 15 is 0 Å². The van der Waals surface area contributed by atoms with E-state index in [2.05, 4.69) is 0 Å². The molecule has 0 saturated carbocycles. The van der Waals surface area contributed by atoms with E-state index in [1.54, 1.807) is 5.32 Å². The summed E-state index contributed by atoms with van der Waals surface area (Å²) < 4.78 is 37.2. The van der Waals surface area contributed by atoms with Gasteiger partial charge < -0.3 is 5.73 Å². The Morgan fingerprint density at radius 1 is 1.33 bits per heavy atom. The van der Waals surface area contributed by atoms with Gasteiger partial charge in [-0.15, -0.1) is 0 Å². The number of halogens is 3. The van der Waals surface area contributed by atoms with Gasteiger partial charge in [0.05, 0.1) is 12.0 Å². The minimum absolute atomic E-state index is 0.0248. The molecular formula is C11H10F3N2O2. The number of carbonyl (C=O) groups excluding carboxylic acids is 2. The molecule has 1 rings (SSSR count). The van der Waals surface area contributed by atoms with Crippen molar-refractivity contribution in [1.29, 1.82) is 0 Å². The second-order valence-electron chi connectivity index (χ2n) is 3.46. The molecule has 0 aromatic heterocycles. The number of nitrogens with one attached hydrogen (secondary N) is 1. The summed E-state index contributed by atoms with van der Waals surface area (Å²) in [7, 11) is 0. The number of nitrogens with two attached hydrogens (primary N) is 1. The van der Waals surface area contributed by atoms with Crippen LogP contribution in [0.1, 0.15) is 11.1 Å². The molecule has 0 unspecified atom stereocenters. The van der Waals surface area contributed by atoms with Crippen LogP contribution in [-0.2, 0) is 17.4 Å². The van der Waals surface area contributed by atoms with Crippen LogP contribution in [0.15, 0.2) is 24.3 Å². The molecule has 0 bridgehead atoms. The van der Waals surface area contributed by atoms with Gasteiger partial charge in [0.1, 0.15) is 0 Å². The summed E-state index contributed by atoms with van der Waals surface area (Å²) in [5.41, 5.74) is 4.23. The highest BCUT2D eigenvalue weighted by atomic mass is 19.4. The first kappa shape index (κ1) is 14.0. The van der Waals surface area contributed by atoms with E-state index in [-0.39, 0.29) is 6.42 Å². The van der Waals surface area contributed by atoms with Crippen molar-refractivity contribution in [2.75, 3.05) is 0 Å². The molecule has 7 heteroatoms. The molecule has 1 aromatic rings. The van der Waals surface area contributed by atoms with Crippen molar-refractivity contribution in [1.82, 2.24) is 5.32 Å². The second-order valence-corrected chi connectivity index (χ2v) is 3.46. The fourth-order valence-corrected chi connectivity index (χ4v) is 1.26. The normalized spacial score (nSPS) is 11.1. The monoisotopic (exact) mass is 259 g/mol. The number of benzene rings is 1. The topological polar surface area (TPSA) is 72.2 Å². The number of carbonyl (C=O) groups is 2. The van der Waals surface area contributed by atoms with Crippen molar-refractivity contribution in [3.05, 3.63) is 41.8 Å². The quantitative estimate of drug-likeness (QED) is 0.866. The fourth-order valence-electron chi connectivity index (χ4n) is 1.26. The number of urea groups is 1. The van der Waals surface area contributed by atoms with Crippen LogP contribution in [0.25, 0.3) is 0 Å². The van der Waals surface area contributed by atoms with Gasteiger partial charge in [0, 0.05) is 0 Å². The maximum absolute atomic E-state index is 12.4. The minimum atomic E-state index is -4.43. The Bertz CT molecular complexity index is 458. The van der Waals surface area contributed by atoms with Crippen molar-refractivity contribution >= 4 is 11.9 Å². The largest absolute Gasteiger partial charge is 0.416 e. The molecule has 18 heavy (non-hydrogen) atoms. The summed E-state index contributed by atoms with van der Waals surface area (Å²) in [4.78, 5) is 21.3. The highest BCUT2D eigenvalue weighted by molar-refractivity contribution is 5.98. The minimum Gasteiger partial charge on any atom is -0.351 e. The van der Waals surface area contributed by atoms with Crippen molar-refractivity contribution in [2.24, 2.45) is 5.73 Å². The number of rotatable bonds is 3. The van der Waals surface area contributed by atoms with Crippen molar-refractivity contribution < 1.29 is 22.8 Å². The first-order chi connectivity index (χ1) is 8.29. The molecule has 1 aromatic carbocycles. The predicted octanol–water partition coefficient (Wildman–Crippen LogP) is 1.65. The second kappa shape index (κ2) is 5.52. The summed E-state index contributed by atoms with van der Waals surface area (Å²) in [5.74, 6) is -0.750. The van der Waals surface area contributed by atoms with Crippen molar-refractivity contribution in [3.8, 4) is 0 Å². The lowest BCUT2D eigenvalue weighted by Gasteiger charge is -2.08. The van der Waals surface area contributed by atoms with Crippen LogP contribution >= 0.6 is 0 Å². The molecule has 0 saturated heterocycles. The predicted molar refractivity (Wildman–Crippen MR) is 57.2 cm³/mol. The van der Waals surface area contributed by atoms with Crippen LogP contribution in [0.3, 0.4) is 0 Å². The number of primary amides is 1. The number of hydrogen-bond donors (Lipinski definition) is 2. The number of hydrogen-bond acceptors (Lipinski definition) is 2. The van der Waals surface area contributed by atoms with E-state index < -0.39 is 23.7 Å². The molecule has 0 atom stereocenters. The molecule has 3 amide bonds. The number of amides is 3. The highest BCUT2D eigenvalue weighted by Crippen LogP contribution is 2.29. The first-order valence-electron chi connectivity index (χ1n) is 4.89. The van der Waals surface area contributed by atoms with Gasteiger partial charge in [0.15, 0.2) is 0 Å². The Kier molecular flexibility index (Phi) is 4.30. The van der Waals surface area contributed by atoms with Gasteiger partial charge in [-0.25, -0.2) is 4.79 Å². The Balaban J connectivity index is 2.63. The average Bonchev–Trinajstić information content (AvgIpc) is 2.25. The van der Waals surface area contributed by atoms with Gasteiger partial charge in [-0.2, -0.15) is 13.2 Å². The Morgan fingerprint density at radius 2 is 2.00 bits per heavy atom. The van der Waals surface area contributed by atoms with Crippen LogP contribution in [0.5, 0.6) is 0 Å². The molecule has 0 heterocycles. The van der Waals surface area contributed by atoms with Gasteiger partial charge in [0.25, 0.3) is 0 Å².